The quantitative estimate of drug-likeness (QED) is 0.641. The van der Waals surface area contributed by atoms with Gasteiger partial charge in [-0.25, -0.2) is 8.78 Å². The van der Waals surface area contributed by atoms with Crippen LogP contribution in [0, 0.1) is 21.7 Å². The maximum Gasteiger partial charge on any atom is 0.285 e. The summed E-state index contributed by atoms with van der Waals surface area (Å²) in [5, 5.41) is 16.5. The number of amides is 1. The zero-order valence-electron chi connectivity index (χ0n) is 11.2. The normalized spacial score (nSPS) is 17.7. The molecule has 1 heterocycles. The monoisotopic (exact) mass is 299 g/mol. The van der Waals surface area contributed by atoms with Gasteiger partial charge in [-0.05, 0) is 31.9 Å². The van der Waals surface area contributed by atoms with Gasteiger partial charge in [0.15, 0.2) is 11.6 Å². The lowest BCUT2D eigenvalue weighted by atomic mass is 10.1. The first-order valence-corrected chi connectivity index (χ1v) is 6.64. The van der Waals surface area contributed by atoms with Crippen molar-refractivity contribution in [3.05, 3.63) is 39.4 Å². The molecule has 21 heavy (non-hydrogen) atoms. The number of nitrogens with zero attached hydrogens (tertiary/aromatic N) is 1. The maximum atomic E-state index is 13.2. The van der Waals surface area contributed by atoms with E-state index in [2.05, 4.69) is 10.6 Å². The van der Waals surface area contributed by atoms with Gasteiger partial charge in [-0.1, -0.05) is 0 Å². The molecule has 1 atom stereocenters. The molecule has 2 rings (SSSR count). The number of nitro groups is 1. The van der Waals surface area contributed by atoms with Gasteiger partial charge in [0.05, 0.1) is 11.0 Å². The van der Waals surface area contributed by atoms with E-state index < -0.39 is 33.7 Å². The van der Waals surface area contributed by atoms with Crippen molar-refractivity contribution in [1.29, 1.82) is 0 Å². The van der Waals surface area contributed by atoms with E-state index in [0.717, 1.165) is 19.4 Å². The first-order chi connectivity index (χ1) is 9.99. The van der Waals surface area contributed by atoms with Crippen LogP contribution in [0.4, 0.5) is 14.5 Å². The minimum absolute atomic E-state index is 0.310. The highest BCUT2D eigenvalue weighted by molar-refractivity contribution is 5.98. The van der Waals surface area contributed by atoms with Gasteiger partial charge in [0.25, 0.3) is 11.6 Å². The topological polar surface area (TPSA) is 84.3 Å². The molecule has 2 N–H and O–H groups in total. The number of carbonyl (C=O) groups is 1. The zero-order valence-corrected chi connectivity index (χ0v) is 11.2. The number of nitro benzene ring substituents is 1. The first kappa shape index (κ1) is 15.3. The number of benzene rings is 1. The molecule has 1 aromatic carbocycles. The summed E-state index contributed by atoms with van der Waals surface area (Å²) in [6.45, 7) is 1.25. The van der Waals surface area contributed by atoms with Crippen LogP contribution in [-0.4, -0.2) is 30.0 Å². The molecule has 114 valence electrons. The average molecular weight is 299 g/mol. The van der Waals surface area contributed by atoms with Crippen molar-refractivity contribution in [1.82, 2.24) is 10.6 Å². The van der Waals surface area contributed by atoms with Gasteiger partial charge in [0, 0.05) is 12.6 Å². The van der Waals surface area contributed by atoms with Crippen LogP contribution in [0.25, 0.3) is 0 Å². The second-order valence-electron chi connectivity index (χ2n) is 4.88. The van der Waals surface area contributed by atoms with Crippen LogP contribution in [0.5, 0.6) is 0 Å². The van der Waals surface area contributed by atoms with Crippen molar-refractivity contribution < 1.29 is 18.5 Å². The highest BCUT2D eigenvalue weighted by Crippen LogP contribution is 2.22. The highest BCUT2D eigenvalue weighted by atomic mass is 19.2. The fourth-order valence-corrected chi connectivity index (χ4v) is 2.33. The Morgan fingerprint density at radius 1 is 1.43 bits per heavy atom. The van der Waals surface area contributed by atoms with Crippen LogP contribution in [0.1, 0.15) is 29.6 Å². The largest absolute Gasteiger partial charge is 0.352 e. The molecule has 0 unspecified atom stereocenters. The third kappa shape index (κ3) is 3.72. The molecule has 1 aliphatic rings. The summed E-state index contributed by atoms with van der Waals surface area (Å²) >= 11 is 0. The predicted octanol–water partition coefficient (Wildman–Crippen LogP) is 1.74. The number of halogens is 2. The van der Waals surface area contributed by atoms with Gasteiger partial charge in [0.1, 0.15) is 5.56 Å². The zero-order chi connectivity index (χ0) is 15.4. The molecule has 0 aliphatic carbocycles. The van der Waals surface area contributed by atoms with Crippen molar-refractivity contribution in [3.8, 4) is 0 Å². The van der Waals surface area contributed by atoms with Gasteiger partial charge in [-0.2, -0.15) is 0 Å². The summed E-state index contributed by atoms with van der Waals surface area (Å²) in [5.41, 5.74) is -1.22. The van der Waals surface area contributed by atoms with E-state index in [1.807, 2.05) is 0 Å². The number of carbonyl (C=O) groups excluding carboxylic acids is 1. The molecular formula is C13H15F2N3O3. The molecule has 1 amide bonds. The Bertz CT molecular complexity index is 560. The molecule has 8 heteroatoms. The first-order valence-electron chi connectivity index (χ1n) is 6.64. The lowest BCUT2D eigenvalue weighted by Crippen LogP contribution is -2.31. The fourth-order valence-electron chi connectivity index (χ4n) is 2.33. The Hall–Kier alpha value is -2.09. The standard InChI is InChI=1S/C13H15F2N3O3/c14-10-6-9(12(18(20)21)7-11(10)15)13(19)17-5-3-8-2-1-4-16-8/h6-8,16H,1-5H2,(H,17,19)/t8-/m1/s1. The van der Waals surface area contributed by atoms with Gasteiger partial charge in [0.2, 0.25) is 0 Å². The maximum absolute atomic E-state index is 13.2. The van der Waals surface area contributed by atoms with E-state index in [1.54, 1.807) is 0 Å². The molecule has 0 saturated carbocycles. The molecule has 0 spiro atoms. The third-order valence-corrected chi connectivity index (χ3v) is 3.42. The van der Waals surface area contributed by atoms with Crippen LogP contribution in [-0.2, 0) is 0 Å². The van der Waals surface area contributed by atoms with Crippen molar-refractivity contribution in [2.24, 2.45) is 0 Å². The van der Waals surface area contributed by atoms with Crippen LogP contribution in [0.15, 0.2) is 12.1 Å². The van der Waals surface area contributed by atoms with Crippen LogP contribution in [0.2, 0.25) is 0 Å². The Balaban J connectivity index is 2.03. The molecule has 6 nitrogen and oxygen atoms in total. The lowest BCUT2D eigenvalue weighted by molar-refractivity contribution is -0.385. The molecule has 0 bridgehead atoms. The molecule has 0 radical (unpaired) electrons. The molecule has 1 aromatic rings. The van der Waals surface area contributed by atoms with E-state index in [9.17, 15) is 23.7 Å². The van der Waals surface area contributed by atoms with E-state index >= 15 is 0 Å². The summed E-state index contributed by atoms with van der Waals surface area (Å²) in [6.07, 6.45) is 2.78. The highest BCUT2D eigenvalue weighted by Gasteiger charge is 2.24. The average Bonchev–Trinajstić information content (AvgIpc) is 2.94. The number of hydrogen-bond acceptors (Lipinski definition) is 4. The van der Waals surface area contributed by atoms with E-state index in [1.165, 1.54) is 0 Å². The summed E-state index contributed by atoms with van der Waals surface area (Å²) in [6, 6.07) is 1.28. The Kier molecular flexibility index (Phi) is 4.79. The Morgan fingerprint density at radius 2 is 2.14 bits per heavy atom. The smallest absolute Gasteiger partial charge is 0.285 e. The van der Waals surface area contributed by atoms with Gasteiger partial charge >= 0.3 is 0 Å². The second-order valence-corrected chi connectivity index (χ2v) is 4.88. The number of rotatable bonds is 5. The minimum Gasteiger partial charge on any atom is -0.352 e. The van der Waals surface area contributed by atoms with Crippen LogP contribution >= 0.6 is 0 Å². The molecule has 1 fully saturated rings. The van der Waals surface area contributed by atoms with Crippen molar-refractivity contribution >= 4 is 11.6 Å². The van der Waals surface area contributed by atoms with Crippen molar-refractivity contribution in [2.75, 3.05) is 13.1 Å². The van der Waals surface area contributed by atoms with Crippen molar-refractivity contribution in [2.45, 2.75) is 25.3 Å². The summed E-state index contributed by atoms with van der Waals surface area (Å²) < 4.78 is 26.2. The van der Waals surface area contributed by atoms with Gasteiger partial charge in [-0.15, -0.1) is 0 Å². The van der Waals surface area contributed by atoms with E-state index in [0.29, 0.717) is 31.1 Å². The number of hydrogen-bond donors (Lipinski definition) is 2. The summed E-state index contributed by atoms with van der Waals surface area (Å²) in [4.78, 5) is 21.8. The van der Waals surface area contributed by atoms with Gasteiger partial charge in [-0.3, -0.25) is 14.9 Å². The third-order valence-electron chi connectivity index (χ3n) is 3.42. The fraction of sp³-hybridized carbons (Fsp3) is 0.462. The van der Waals surface area contributed by atoms with E-state index in [-0.39, 0.29) is 0 Å². The van der Waals surface area contributed by atoms with Crippen LogP contribution < -0.4 is 10.6 Å². The predicted molar refractivity (Wildman–Crippen MR) is 71.0 cm³/mol. The second kappa shape index (κ2) is 6.57. The van der Waals surface area contributed by atoms with Crippen molar-refractivity contribution in [3.63, 3.8) is 0 Å². The molecular weight excluding hydrogens is 284 g/mol. The summed E-state index contributed by atoms with van der Waals surface area (Å²) in [7, 11) is 0. The number of nitrogens with one attached hydrogen (secondary N) is 2. The summed E-state index contributed by atoms with van der Waals surface area (Å²) in [5.74, 6) is -3.42. The lowest BCUT2D eigenvalue weighted by Gasteiger charge is -2.11. The molecule has 1 aliphatic heterocycles. The minimum atomic E-state index is -1.35. The van der Waals surface area contributed by atoms with Crippen LogP contribution in [0.3, 0.4) is 0 Å². The Labute approximate surface area is 119 Å². The van der Waals surface area contributed by atoms with E-state index in [4.69, 9.17) is 0 Å². The SMILES string of the molecule is O=C(NCC[C@H]1CCCN1)c1cc(F)c(F)cc1[N+](=O)[O-]. The molecule has 1 saturated heterocycles. The Morgan fingerprint density at radius 3 is 2.76 bits per heavy atom. The van der Waals surface area contributed by atoms with Gasteiger partial charge < -0.3 is 10.6 Å². The molecule has 0 aromatic heterocycles.